The quantitative estimate of drug-likeness (QED) is 0.0555. The lowest BCUT2D eigenvalue weighted by Crippen LogP contribution is -2.41. The molecule has 6 N–H and O–H groups in total. The topological polar surface area (TPSA) is 158 Å². The number of methoxy groups -OCH3 is 1. The first kappa shape index (κ1) is 36.6. The minimum atomic E-state index is -1.32. The molecule has 1 heterocycles. The number of guanidine groups is 1. The van der Waals surface area contributed by atoms with Crippen molar-refractivity contribution in [2.75, 3.05) is 13.7 Å². The van der Waals surface area contributed by atoms with Crippen LogP contribution < -0.4 is 21.5 Å². The number of imidazole rings is 1. The summed E-state index contributed by atoms with van der Waals surface area (Å²) in [6.45, 7) is 2.24. The Labute approximate surface area is 296 Å². The van der Waals surface area contributed by atoms with Gasteiger partial charge in [-0.05, 0) is 93.1 Å². The van der Waals surface area contributed by atoms with Crippen molar-refractivity contribution in [3.05, 3.63) is 105 Å². The second-order valence-electron chi connectivity index (χ2n) is 12.1. The van der Waals surface area contributed by atoms with Crippen LogP contribution in [0.25, 0.3) is 5.69 Å². The van der Waals surface area contributed by atoms with Crippen LogP contribution in [0.1, 0.15) is 65.5 Å². The van der Waals surface area contributed by atoms with Gasteiger partial charge in [0.1, 0.15) is 29.2 Å². The van der Waals surface area contributed by atoms with E-state index in [4.69, 9.17) is 32.8 Å². The molecule has 0 radical (unpaired) electrons. The van der Waals surface area contributed by atoms with Gasteiger partial charge in [0.15, 0.2) is 11.1 Å². The number of halogens is 4. The third-order valence-corrected chi connectivity index (χ3v) is 9.98. The Morgan fingerprint density at radius 1 is 1.14 bits per heavy atom. The Bertz CT molecular complexity index is 1910. The number of carboxylic acids is 1. The fourth-order valence-electron chi connectivity index (χ4n) is 6.13. The third-order valence-electron chi connectivity index (χ3n) is 8.70. The number of thioether (sulfide) groups is 1. The number of carbonyl (C=O) groups is 2. The molecule has 1 aliphatic carbocycles. The van der Waals surface area contributed by atoms with E-state index < -0.39 is 40.8 Å². The fraction of sp³-hybridized carbons (Fsp3) is 0.314. The Balaban J connectivity index is 1.44. The van der Waals surface area contributed by atoms with E-state index in [0.29, 0.717) is 28.0 Å². The van der Waals surface area contributed by atoms with Crippen LogP contribution in [0.2, 0.25) is 5.02 Å². The van der Waals surface area contributed by atoms with Crippen molar-refractivity contribution in [3.63, 3.8) is 0 Å². The van der Waals surface area contributed by atoms with Gasteiger partial charge in [0.05, 0.1) is 23.5 Å². The Morgan fingerprint density at radius 2 is 1.84 bits per heavy atom. The molecular weight excluding hydrogens is 693 g/mol. The smallest absolute Gasteiger partial charge is 0.326 e. The predicted molar refractivity (Wildman–Crippen MR) is 186 cm³/mol. The molecular formula is C35H36ClF3N6O4S. The van der Waals surface area contributed by atoms with Crippen LogP contribution >= 0.6 is 23.4 Å². The van der Waals surface area contributed by atoms with Gasteiger partial charge in [-0.15, -0.1) is 0 Å². The first-order valence-electron chi connectivity index (χ1n) is 15.7. The molecule has 15 heteroatoms. The first-order chi connectivity index (χ1) is 23.8. The van der Waals surface area contributed by atoms with Crippen LogP contribution in [0, 0.1) is 17.5 Å². The van der Waals surface area contributed by atoms with Crippen molar-refractivity contribution in [3.8, 4) is 11.4 Å². The summed E-state index contributed by atoms with van der Waals surface area (Å²) in [5.74, 6) is -4.47. The molecule has 2 unspecified atom stereocenters. The number of amides is 1. The lowest BCUT2D eigenvalue weighted by molar-refractivity contribution is -0.139. The predicted octanol–water partition coefficient (Wildman–Crippen LogP) is 6.12. The number of carboxylic acid groups (broad SMARTS) is 1. The van der Waals surface area contributed by atoms with E-state index in [-0.39, 0.29) is 42.2 Å². The SMILES string of the molecule is COc1cc(C2(C)CCCc3nc(SCc4c(F)cc(C(=O)NC(CCCN=C(N)N)C(=O)O)cc4F)n(-c4ccc(F)cc4)c32)ccc1Cl. The highest BCUT2D eigenvalue weighted by atomic mass is 35.5. The maximum atomic E-state index is 15.5. The van der Waals surface area contributed by atoms with E-state index >= 15 is 8.78 Å². The summed E-state index contributed by atoms with van der Waals surface area (Å²) in [5, 5.41) is 12.7. The van der Waals surface area contributed by atoms with Gasteiger partial charge in [0.25, 0.3) is 5.91 Å². The maximum absolute atomic E-state index is 15.5. The van der Waals surface area contributed by atoms with Crippen molar-refractivity contribution in [2.45, 2.75) is 61.4 Å². The zero-order valence-electron chi connectivity index (χ0n) is 27.3. The average Bonchev–Trinajstić information content (AvgIpc) is 3.45. The highest BCUT2D eigenvalue weighted by molar-refractivity contribution is 7.98. The number of nitrogens with one attached hydrogen (secondary N) is 1. The number of nitrogens with zero attached hydrogens (tertiary/aromatic N) is 3. The van der Waals surface area contributed by atoms with Crippen LogP contribution in [-0.4, -0.2) is 52.2 Å². The van der Waals surface area contributed by atoms with Crippen molar-refractivity contribution < 1.29 is 32.6 Å². The van der Waals surface area contributed by atoms with Crippen molar-refractivity contribution in [1.29, 1.82) is 0 Å². The largest absolute Gasteiger partial charge is 0.495 e. The summed E-state index contributed by atoms with van der Waals surface area (Å²) in [6.07, 6.45) is 2.49. The highest BCUT2D eigenvalue weighted by Gasteiger charge is 2.40. The van der Waals surface area contributed by atoms with E-state index in [1.165, 1.54) is 12.1 Å². The lowest BCUT2D eigenvalue weighted by atomic mass is 9.71. The minimum Gasteiger partial charge on any atom is -0.495 e. The molecule has 264 valence electrons. The zero-order valence-corrected chi connectivity index (χ0v) is 28.9. The van der Waals surface area contributed by atoms with Crippen LogP contribution in [0.4, 0.5) is 13.2 Å². The number of hydrogen-bond acceptors (Lipinski definition) is 6. The van der Waals surface area contributed by atoms with Gasteiger partial charge in [-0.3, -0.25) is 14.4 Å². The summed E-state index contributed by atoms with van der Waals surface area (Å²) in [7, 11) is 1.54. The second-order valence-corrected chi connectivity index (χ2v) is 13.4. The first-order valence-corrected chi connectivity index (χ1v) is 17.1. The molecule has 1 aliphatic rings. The Morgan fingerprint density at radius 3 is 2.48 bits per heavy atom. The monoisotopic (exact) mass is 728 g/mol. The number of hydrogen-bond donors (Lipinski definition) is 4. The molecule has 5 rings (SSSR count). The van der Waals surface area contributed by atoms with Crippen LogP contribution in [0.5, 0.6) is 5.75 Å². The molecule has 0 saturated carbocycles. The normalized spacial score (nSPS) is 16.0. The van der Waals surface area contributed by atoms with E-state index in [1.807, 2.05) is 16.7 Å². The van der Waals surface area contributed by atoms with Gasteiger partial charge >= 0.3 is 5.97 Å². The van der Waals surface area contributed by atoms with E-state index in [2.05, 4.69) is 17.2 Å². The van der Waals surface area contributed by atoms with Crippen LogP contribution in [0.3, 0.4) is 0 Å². The molecule has 0 spiro atoms. The number of aliphatic imine (C=N–C) groups is 1. The summed E-state index contributed by atoms with van der Waals surface area (Å²) in [5.41, 5.74) is 12.5. The van der Waals surface area contributed by atoms with Gasteiger partial charge in [0, 0.05) is 34.5 Å². The summed E-state index contributed by atoms with van der Waals surface area (Å²) in [4.78, 5) is 33.2. The molecule has 3 aromatic carbocycles. The number of aryl methyl sites for hydroxylation is 1. The summed E-state index contributed by atoms with van der Waals surface area (Å²) >= 11 is 7.44. The third kappa shape index (κ3) is 7.86. The second kappa shape index (κ2) is 15.5. The molecule has 50 heavy (non-hydrogen) atoms. The minimum absolute atomic E-state index is 0.00711. The van der Waals surface area contributed by atoms with Crippen LogP contribution in [0.15, 0.2) is 64.7 Å². The number of rotatable bonds is 13. The number of fused-ring (bicyclic) bond motifs is 1. The molecule has 4 aromatic rings. The van der Waals surface area contributed by atoms with Crippen molar-refractivity contribution in [2.24, 2.45) is 16.5 Å². The molecule has 0 aliphatic heterocycles. The van der Waals surface area contributed by atoms with Crippen molar-refractivity contribution in [1.82, 2.24) is 14.9 Å². The average molecular weight is 729 g/mol. The Hall–Kier alpha value is -4.69. The highest BCUT2D eigenvalue weighted by Crippen LogP contribution is 2.47. The van der Waals surface area contributed by atoms with Gasteiger partial charge < -0.3 is 26.6 Å². The molecule has 0 fully saturated rings. The molecule has 10 nitrogen and oxygen atoms in total. The van der Waals surface area contributed by atoms with E-state index in [0.717, 1.165) is 53.7 Å². The van der Waals surface area contributed by atoms with Gasteiger partial charge in [-0.2, -0.15) is 0 Å². The maximum Gasteiger partial charge on any atom is 0.326 e. The Kier molecular flexibility index (Phi) is 11.3. The lowest BCUT2D eigenvalue weighted by Gasteiger charge is -2.36. The molecule has 2 atom stereocenters. The summed E-state index contributed by atoms with van der Waals surface area (Å²) < 4.78 is 52.4. The van der Waals surface area contributed by atoms with Crippen LogP contribution in [-0.2, 0) is 22.4 Å². The molecule has 1 amide bonds. The van der Waals surface area contributed by atoms with E-state index in [1.54, 1.807) is 25.3 Å². The number of nitrogens with two attached hydrogens (primary N) is 2. The number of benzene rings is 3. The number of ether oxygens (including phenoxy) is 1. The fourth-order valence-corrected chi connectivity index (χ4v) is 7.38. The van der Waals surface area contributed by atoms with Gasteiger partial charge in [0.2, 0.25) is 0 Å². The number of carbonyl (C=O) groups excluding carboxylic acids is 1. The number of aliphatic carboxylic acids is 1. The van der Waals surface area contributed by atoms with Crippen molar-refractivity contribution >= 4 is 41.2 Å². The number of aromatic nitrogens is 2. The molecule has 0 bridgehead atoms. The van der Waals surface area contributed by atoms with Gasteiger partial charge in [-0.25, -0.2) is 22.9 Å². The van der Waals surface area contributed by atoms with E-state index in [9.17, 15) is 19.1 Å². The summed E-state index contributed by atoms with van der Waals surface area (Å²) in [6, 6.07) is 11.9. The molecule has 0 saturated heterocycles. The zero-order chi connectivity index (χ0) is 36.2. The van der Waals surface area contributed by atoms with Gasteiger partial charge in [-0.1, -0.05) is 29.4 Å². The standard InChI is InChI=1S/C35H36ClF3N6O4S/c1-35(20-7-12-24(36)29(17-20)49-2)13-3-5-27-30(35)45(22-10-8-21(37)9-11-22)34(44-27)50-18-23-25(38)15-19(16-26(23)39)31(46)43-28(32(47)48)6-4-14-42-33(40)41/h7-12,15-17,28H,3-6,13-14,18H2,1-2H3,(H,43,46)(H,47,48)(H4,40,41,42). The molecule has 1 aromatic heterocycles.